The average molecular weight is 965 g/mol. The number of nitrogens with two attached hydrogens (primary N) is 6. The SMILES string of the molecule is CCC(C)C(=O)N[C@@H](CCCN=C(N)N)C(=O)N[C@@H](Cc1ccccc1)C(=O)N[C@@H](Cc1ccc(O)cc1)C(=O)N[C@@H](CCCN=C(N)N)C(=O)N[C@H](C(=O)N[C@@H](CCCCN)C(N)=O)[C@@H](C)CC. The van der Waals surface area contributed by atoms with E-state index in [9.17, 15) is 38.7 Å². The second-order valence-electron chi connectivity index (χ2n) is 17.1. The maximum atomic E-state index is 14.6. The fourth-order valence-electron chi connectivity index (χ4n) is 6.99. The van der Waals surface area contributed by atoms with E-state index in [1.165, 1.54) is 12.1 Å². The van der Waals surface area contributed by atoms with E-state index < -0.39 is 83.5 Å². The molecule has 1 unspecified atom stereocenters. The molecular weight excluding hydrogens is 889 g/mol. The molecule has 0 aliphatic heterocycles. The van der Waals surface area contributed by atoms with Crippen LogP contribution in [0.2, 0.25) is 0 Å². The first-order chi connectivity index (χ1) is 32.8. The molecule has 0 heterocycles. The van der Waals surface area contributed by atoms with E-state index in [2.05, 4.69) is 41.9 Å². The molecule has 0 saturated carbocycles. The summed E-state index contributed by atoms with van der Waals surface area (Å²) < 4.78 is 0. The minimum absolute atomic E-state index is 0.0221. The molecule has 0 saturated heterocycles. The topological polar surface area (TPSA) is 393 Å². The van der Waals surface area contributed by atoms with Gasteiger partial charge in [0.2, 0.25) is 41.4 Å². The first-order valence-electron chi connectivity index (χ1n) is 23.5. The molecule has 8 atom stereocenters. The number of hydrogen-bond donors (Lipinski definition) is 13. The lowest BCUT2D eigenvalue weighted by atomic mass is 9.96. The lowest BCUT2D eigenvalue weighted by Gasteiger charge is -2.29. The summed E-state index contributed by atoms with van der Waals surface area (Å²) in [4.78, 5) is 105. The number of primary amides is 1. The van der Waals surface area contributed by atoms with Crippen LogP contribution in [-0.2, 0) is 46.4 Å². The van der Waals surface area contributed by atoms with Gasteiger partial charge in [-0.3, -0.25) is 43.5 Å². The Morgan fingerprint density at radius 1 is 0.522 bits per heavy atom. The van der Waals surface area contributed by atoms with Crippen molar-refractivity contribution in [3.05, 3.63) is 65.7 Å². The molecular formula is C47H76N14O8. The molecule has 22 heteroatoms. The van der Waals surface area contributed by atoms with E-state index in [1.54, 1.807) is 56.3 Å². The molecule has 0 spiro atoms. The quantitative estimate of drug-likeness (QED) is 0.0236. The third-order valence-electron chi connectivity index (χ3n) is 11.5. The van der Waals surface area contributed by atoms with Gasteiger partial charge in [-0.1, -0.05) is 76.6 Å². The maximum absolute atomic E-state index is 14.6. The molecule has 2 aromatic rings. The van der Waals surface area contributed by atoms with E-state index in [4.69, 9.17) is 34.4 Å². The predicted octanol–water partition coefficient (Wildman–Crippen LogP) is -1.10. The number of rotatable bonds is 32. The molecule has 19 N–H and O–H groups in total. The fourth-order valence-corrected chi connectivity index (χ4v) is 6.99. The highest BCUT2D eigenvalue weighted by molar-refractivity contribution is 5.97. The third-order valence-corrected chi connectivity index (χ3v) is 11.5. The van der Waals surface area contributed by atoms with Gasteiger partial charge in [-0.15, -0.1) is 0 Å². The van der Waals surface area contributed by atoms with Crippen LogP contribution in [0.25, 0.3) is 0 Å². The predicted molar refractivity (Wildman–Crippen MR) is 264 cm³/mol. The van der Waals surface area contributed by atoms with Crippen LogP contribution in [-0.4, -0.2) is 114 Å². The van der Waals surface area contributed by atoms with Crippen LogP contribution in [0.1, 0.15) is 96.6 Å². The Morgan fingerprint density at radius 3 is 1.42 bits per heavy atom. The molecule has 0 aliphatic rings. The van der Waals surface area contributed by atoms with Crippen molar-refractivity contribution < 1.29 is 38.7 Å². The van der Waals surface area contributed by atoms with Crippen LogP contribution in [0, 0.1) is 11.8 Å². The van der Waals surface area contributed by atoms with Gasteiger partial charge < -0.3 is 71.4 Å². The lowest BCUT2D eigenvalue weighted by Crippen LogP contribution is -2.61. The van der Waals surface area contributed by atoms with Gasteiger partial charge in [-0.2, -0.15) is 0 Å². The van der Waals surface area contributed by atoms with Gasteiger partial charge in [0.05, 0.1) is 0 Å². The Balaban J connectivity index is 2.57. The van der Waals surface area contributed by atoms with E-state index in [0.717, 1.165) is 0 Å². The summed E-state index contributed by atoms with van der Waals surface area (Å²) in [5, 5.41) is 26.6. The number of phenols is 1. The van der Waals surface area contributed by atoms with E-state index >= 15 is 0 Å². The summed E-state index contributed by atoms with van der Waals surface area (Å²) in [7, 11) is 0. The van der Waals surface area contributed by atoms with Crippen LogP contribution < -0.4 is 66.3 Å². The highest BCUT2D eigenvalue weighted by atomic mass is 16.3. The summed E-state index contributed by atoms with van der Waals surface area (Å²) in [6.45, 7) is 7.77. The van der Waals surface area contributed by atoms with E-state index in [0.29, 0.717) is 49.8 Å². The first kappa shape index (κ1) is 58.2. The summed E-state index contributed by atoms with van der Waals surface area (Å²) in [6.07, 6.45) is 2.77. The van der Waals surface area contributed by atoms with Crippen molar-refractivity contribution in [3.8, 4) is 5.75 Å². The Kier molecular flexibility index (Phi) is 26.3. The number of nitrogens with one attached hydrogen (secondary N) is 6. The van der Waals surface area contributed by atoms with Crippen molar-refractivity contribution in [2.45, 2.75) is 135 Å². The molecule has 0 bridgehead atoms. The molecule has 7 amide bonds. The zero-order chi connectivity index (χ0) is 51.5. The molecule has 0 aliphatic carbocycles. The second-order valence-corrected chi connectivity index (χ2v) is 17.1. The number of guanidine groups is 2. The Bertz CT molecular complexity index is 2010. The average Bonchev–Trinajstić information content (AvgIpc) is 3.31. The molecule has 0 radical (unpaired) electrons. The number of amides is 7. The summed E-state index contributed by atoms with van der Waals surface area (Å²) in [5.74, 6) is -5.98. The van der Waals surface area contributed by atoms with E-state index in [1.807, 2.05) is 13.8 Å². The minimum Gasteiger partial charge on any atom is -0.508 e. The number of carbonyl (C=O) groups excluding carboxylic acids is 7. The maximum Gasteiger partial charge on any atom is 0.243 e. The number of aliphatic imine (C=N–C) groups is 2. The molecule has 22 nitrogen and oxygen atoms in total. The lowest BCUT2D eigenvalue weighted by molar-refractivity contribution is -0.136. The Hall–Kier alpha value is -6.97. The van der Waals surface area contributed by atoms with Crippen LogP contribution in [0.4, 0.5) is 0 Å². The monoisotopic (exact) mass is 965 g/mol. The van der Waals surface area contributed by atoms with Crippen molar-refractivity contribution >= 4 is 53.3 Å². The number of benzene rings is 2. The van der Waals surface area contributed by atoms with Crippen LogP contribution in [0.5, 0.6) is 5.75 Å². The van der Waals surface area contributed by atoms with Crippen molar-refractivity contribution in [3.63, 3.8) is 0 Å². The fraction of sp³-hybridized carbons (Fsp3) is 0.553. The van der Waals surface area contributed by atoms with Gasteiger partial charge >= 0.3 is 0 Å². The smallest absolute Gasteiger partial charge is 0.243 e. The normalized spacial score (nSPS) is 14.4. The van der Waals surface area contributed by atoms with Crippen LogP contribution >= 0.6 is 0 Å². The minimum atomic E-state index is -1.38. The number of aromatic hydroxyl groups is 1. The van der Waals surface area contributed by atoms with Crippen LogP contribution in [0.15, 0.2) is 64.6 Å². The zero-order valence-electron chi connectivity index (χ0n) is 40.4. The zero-order valence-corrected chi connectivity index (χ0v) is 40.4. The molecule has 0 fully saturated rings. The van der Waals surface area contributed by atoms with Crippen LogP contribution in [0.3, 0.4) is 0 Å². The molecule has 2 aromatic carbocycles. The van der Waals surface area contributed by atoms with E-state index in [-0.39, 0.29) is 75.2 Å². The van der Waals surface area contributed by atoms with Gasteiger partial charge in [0.1, 0.15) is 42.0 Å². The first-order valence-corrected chi connectivity index (χ1v) is 23.5. The summed E-state index contributed by atoms with van der Waals surface area (Å²) >= 11 is 0. The third kappa shape index (κ3) is 22.1. The Labute approximate surface area is 404 Å². The number of carbonyl (C=O) groups is 7. The molecule has 0 aromatic heterocycles. The summed E-state index contributed by atoms with van der Waals surface area (Å²) in [6, 6.07) is 7.53. The van der Waals surface area contributed by atoms with Gasteiger partial charge in [0.25, 0.3) is 0 Å². The van der Waals surface area contributed by atoms with Gasteiger partial charge in [0.15, 0.2) is 11.9 Å². The highest BCUT2D eigenvalue weighted by Crippen LogP contribution is 2.15. The van der Waals surface area contributed by atoms with Crippen molar-refractivity contribution in [2.75, 3.05) is 19.6 Å². The van der Waals surface area contributed by atoms with Gasteiger partial charge in [-0.05, 0) is 87.1 Å². The number of hydrogen-bond acceptors (Lipinski definition) is 11. The van der Waals surface area contributed by atoms with Crippen molar-refractivity contribution in [1.29, 1.82) is 0 Å². The molecule has 382 valence electrons. The standard InChI is InChI=1S/C47H76N14O8/c1-5-28(3)38(45(69)56-33(39(49)63)16-10-11-23-48)61-42(66)35(18-13-25-55-47(52)53)58-43(67)37(27-31-19-21-32(62)22-20-31)60-44(68)36(26-30-14-8-7-9-15-30)59-41(65)34(17-12-24-54-46(50)51)57-40(64)29(4)6-2/h7-9,14-15,19-22,28-29,33-38,62H,5-6,10-13,16-18,23-27,48H2,1-4H3,(H2,49,63)(H,56,69)(H,57,64)(H,58,67)(H,59,65)(H,60,68)(H,61,66)(H4,50,51,54)(H4,52,53,55)/t28-,29?,33-,34-,35-,36-,37-,38-/m0/s1. The Morgan fingerprint density at radius 2 is 0.957 bits per heavy atom. The number of nitrogens with zero attached hydrogens (tertiary/aromatic N) is 2. The molecule has 69 heavy (non-hydrogen) atoms. The largest absolute Gasteiger partial charge is 0.508 e. The van der Waals surface area contributed by atoms with Crippen molar-refractivity contribution in [1.82, 2.24) is 31.9 Å². The molecule has 2 rings (SSSR count). The number of unbranched alkanes of at least 4 members (excludes halogenated alkanes) is 1. The second kappa shape index (κ2) is 31.1. The van der Waals surface area contributed by atoms with Crippen molar-refractivity contribution in [2.24, 2.45) is 56.2 Å². The van der Waals surface area contributed by atoms with Gasteiger partial charge in [0, 0.05) is 31.8 Å². The van der Waals surface area contributed by atoms with Gasteiger partial charge in [-0.25, -0.2) is 0 Å². The highest BCUT2D eigenvalue weighted by Gasteiger charge is 2.35. The summed E-state index contributed by atoms with van der Waals surface area (Å²) in [5.41, 5.74) is 34.5. The number of phenolic OH excluding ortho intramolecular Hbond substituents is 1.